The van der Waals surface area contributed by atoms with Crippen molar-refractivity contribution < 1.29 is 29.3 Å². The number of quaternary nitrogens is 2. The Kier molecular flexibility index (Phi) is 6.30. The van der Waals surface area contributed by atoms with E-state index in [1.165, 1.54) is 5.23 Å². The summed E-state index contributed by atoms with van der Waals surface area (Å²) in [5.74, 6) is 0. The Bertz CT molecular complexity index is 200. The number of nitrogens with zero attached hydrogens (tertiary/aromatic N) is 3. The summed E-state index contributed by atoms with van der Waals surface area (Å²) in [6.07, 6.45) is 0. The molecule has 0 atom stereocenters. The van der Waals surface area contributed by atoms with Gasteiger partial charge in [0.05, 0.1) is 11.5 Å². The standard InChI is InChI=1S/C8H24N4O4/c1-8-13-10(3)15-12(6,7)16-11(4,5)14-9-2/h9H,8H2,1-7H3/q+2. The van der Waals surface area contributed by atoms with Crippen LogP contribution >= 0.6 is 0 Å². The highest BCUT2D eigenvalue weighted by atomic mass is 17.2. The molecule has 0 aromatic rings. The molecule has 16 heavy (non-hydrogen) atoms. The smallest absolute Gasteiger partial charge is 0.140 e. The van der Waals surface area contributed by atoms with Gasteiger partial charge < -0.3 is 0 Å². The first-order valence-electron chi connectivity index (χ1n) is 5.03. The van der Waals surface area contributed by atoms with Crippen molar-refractivity contribution in [1.29, 1.82) is 0 Å². The van der Waals surface area contributed by atoms with Crippen molar-refractivity contribution in [2.75, 3.05) is 48.9 Å². The van der Waals surface area contributed by atoms with E-state index >= 15 is 0 Å². The third-order valence-corrected chi connectivity index (χ3v) is 1.33. The second-order valence-corrected chi connectivity index (χ2v) is 3.82. The normalized spacial score (nSPS) is 13.5. The summed E-state index contributed by atoms with van der Waals surface area (Å²) >= 11 is 0. The Morgan fingerprint density at radius 1 is 1.12 bits per heavy atom. The van der Waals surface area contributed by atoms with Crippen LogP contribution in [0.5, 0.6) is 0 Å². The van der Waals surface area contributed by atoms with E-state index < -0.39 is 0 Å². The highest BCUT2D eigenvalue weighted by Crippen LogP contribution is 2.10. The Labute approximate surface area is 96.7 Å². The molecule has 0 rings (SSSR count). The average molecular weight is 240 g/mol. The van der Waals surface area contributed by atoms with Crippen LogP contribution in [0.15, 0.2) is 0 Å². The second-order valence-electron chi connectivity index (χ2n) is 3.82. The maximum Gasteiger partial charge on any atom is 0.140 e. The van der Waals surface area contributed by atoms with Crippen LogP contribution in [0.1, 0.15) is 6.92 Å². The maximum atomic E-state index is 5.53. The number of hydroxylamine groups is 11. The predicted molar refractivity (Wildman–Crippen MR) is 55.9 cm³/mol. The minimum Gasteiger partial charge on any atom is -0.270 e. The van der Waals surface area contributed by atoms with Crippen molar-refractivity contribution in [3.8, 4) is 0 Å². The zero-order chi connectivity index (χ0) is 12.8. The Balaban J connectivity index is 4.21. The van der Waals surface area contributed by atoms with Crippen molar-refractivity contribution in [3.63, 3.8) is 0 Å². The van der Waals surface area contributed by atoms with Gasteiger partial charge in [-0.25, -0.2) is 0 Å². The van der Waals surface area contributed by atoms with Gasteiger partial charge in [0.1, 0.15) is 28.2 Å². The van der Waals surface area contributed by atoms with Gasteiger partial charge in [0.15, 0.2) is 0 Å². The first-order chi connectivity index (χ1) is 7.22. The number of hydrogen-bond acceptors (Lipinski definition) is 6. The van der Waals surface area contributed by atoms with Crippen LogP contribution in [0.25, 0.3) is 0 Å². The summed E-state index contributed by atoms with van der Waals surface area (Å²) in [5.41, 5.74) is 2.55. The molecule has 0 saturated carbocycles. The minimum atomic E-state index is -0.217. The van der Waals surface area contributed by atoms with Gasteiger partial charge in [0.2, 0.25) is 0 Å². The molecule has 0 heterocycles. The second kappa shape index (κ2) is 6.42. The molecule has 0 spiro atoms. The van der Waals surface area contributed by atoms with Gasteiger partial charge in [-0.05, 0) is 17.1 Å². The molecular weight excluding hydrogens is 216 g/mol. The minimum absolute atomic E-state index is 0.177. The molecule has 0 aliphatic rings. The van der Waals surface area contributed by atoms with E-state index in [0.717, 1.165) is 0 Å². The van der Waals surface area contributed by atoms with Crippen molar-refractivity contribution in [2.24, 2.45) is 0 Å². The lowest BCUT2D eigenvalue weighted by Gasteiger charge is -2.29. The molecule has 0 amide bonds. The average Bonchev–Trinajstić information content (AvgIpc) is 1.99. The van der Waals surface area contributed by atoms with Gasteiger partial charge in [-0.15, -0.1) is 5.48 Å². The summed E-state index contributed by atoms with van der Waals surface area (Å²) in [6, 6.07) is 0. The van der Waals surface area contributed by atoms with Crippen LogP contribution < -0.4 is 5.48 Å². The summed E-state index contributed by atoms with van der Waals surface area (Å²) < 4.78 is 0. The van der Waals surface area contributed by atoms with Crippen molar-refractivity contribution >= 4 is 0 Å². The molecule has 0 aromatic heterocycles. The largest absolute Gasteiger partial charge is 0.270 e. The molecule has 0 aliphatic carbocycles. The van der Waals surface area contributed by atoms with E-state index in [0.29, 0.717) is 6.61 Å². The van der Waals surface area contributed by atoms with E-state index in [9.17, 15) is 0 Å². The van der Waals surface area contributed by atoms with E-state index in [1.54, 1.807) is 42.3 Å². The monoisotopic (exact) mass is 240 g/mol. The Morgan fingerprint density at radius 2 is 1.69 bits per heavy atom. The molecule has 0 unspecified atom stereocenters. The fourth-order valence-electron chi connectivity index (χ4n) is 1.21. The molecule has 0 saturated heterocycles. The molecule has 1 N–H and O–H groups in total. The quantitative estimate of drug-likeness (QED) is 0.468. The summed E-state index contributed by atoms with van der Waals surface area (Å²) in [6.45, 7) is 2.38. The number of nitrogens with one attached hydrogen (secondary N) is 1. The van der Waals surface area contributed by atoms with Gasteiger partial charge in [-0.2, -0.15) is 0 Å². The molecule has 0 bridgehead atoms. The summed E-state index contributed by atoms with van der Waals surface area (Å²) in [4.78, 5) is 20.7. The van der Waals surface area contributed by atoms with Crippen LogP contribution in [0.2, 0.25) is 0 Å². The molecular formula is C8H24N4O4+2. The van der Waals surface area contributed by atoms with Crippen LogP contribution in [0.4, 0.5) is 0 Å². The van der Waals surface area contributed by atoms with Crippen LogP contribution in [0.3, 0.4) is 0 Å². The van der Waals surface area contributed by atoms with E-state index in [4.69, 9.17) is 19.7 Å². The van der Waals surface area contributed by atoms with Gasteiger partial charge in [0.25, 0.3) is 0 Å². The van der Waals surface area contributed by atoms with E-state index in [-0.39, 0.29) is 9.62 Å². The van der Waals surface area contributed by atoms with Gasteiger partial charge >= 0.3 is 0 Å². The number of rotatable bonds is 8. The first-order valence-corrected chi connectivity index (χ1v) is 5.03. The molecule has 8 nitrogen and oxygen atoms in total. The van der Waals surface area contributed by atoms with Crippen molar-refractivity contribution in [1.82, 2.24) is 10.7 Å². The zero-order valence-corrected chi connectivity index (χ0v) is 11.2. The van der Waals surface area contributed by atoms with Gasteiger partial charge in [-0.1, -0.05) is 4.94 Å². The summed E-state index contributed by atoms with van der Waals surface area (Å²) in [7, 11) is 10.1. The molecule has 0 fully saturated rings. The fourth-order valence-corrected chi connectivity index (χ4v) is 1.21. The third kappa shape index (κ3) is 7.04. The van der Waals surface area contributed by atoms with Crippen LogP contribution in [0, 0.1) is 0 Å². The highest BCUT2D eigenvalue weighted by Gasteiger charge is 2.36. The third-order valence-electron chi connectivity index (χ3n) is 1.33. The van der Waals surface area contributed by atoms with E-state index in [2.05, 4.69) is 5.48 Å². The molecule has 0 aromatic carbocycles. The molecule has 0 aliphatic heterocycles. The SMILES string of the molecule is CCON(C)O[N+](C)(C)O[N+](C)(C)ONC. The highest BCUT2D eigenvalue weighted by molar-refractivity contribution is 3.99. The van der Waals surface area contributed by atoms with Crippen molar-refractivity contribution in [2.45, 2.75) is 6.92 Å². The van der Waals surface area contributed by atoms with Gasteiger partial charge in [-0.3, -0.25) is 4.84 Å². The fraction of sp³-hybridized carbons (Fsp3) is 1.00. The van der Waals surface area contributed by atoms with E-state index in [1.807, 2.05) is 6.92 Å². The molecule has 98 valence electrons. The van der Waals surface area contributed by atoms with Crippen LogP contribution in [-0.4, -0.2) is 63.7 Å². The lowest BCUT2D eigenvalue weighted by atomic mass is 10.9. The first kappa shape index (κ1) is 15.7. The Hall–Kier alpha value is -0.320. The van der Waals surface area contributed by atoms with Gasteiger partial charge in [0, 0.05) is 23.7 Å². The molecule has 8 heteroatoms. The zero-order valence-electron chi connectivity index (χ0n) is 11.2. The Morgan fingerprint density at radius 3 is 2.12 bits per heavy atom. The van der Waals surface area contributed by atoms with Crippen LogP contribution in [-0.2, 0) is 19.7 Å². The lowest BCUT2D eigenvalue weighted by Crippen LogP contribution is -2.56. The number of hydrogen-bond donors (Lipinski definition) is 1. The summed E-state index contributed by atoms with van der Waals surface area (Å²) in [5, 5.41) is 1.24. The maximum absolute atomic E-state index is 5.53. The topological polar surface area (TPSA) is 52.2 Å². The van der Waals surface area contributed by atoms with Crippen molar-refractivity contribution in [3.05, 3.63) is 0 Å². The molecule has 0 radical (unpaired) electrons. The lowest BCUT2D eigenvalue weighted by molar-refractivity contribution is -1.45. The predicted octanol–water partition coefficient (Wildman–Crippen LogP) is -0.218.